The van der Waals surface area contributed by atoms with Crippen molar-refractivity contribution in [2.24, 2.45) is 0 Å². The second-order valence-electron chi connectivity index (χ2n) is 4.15. The third kappa shape index (κ3) is 5.33. The zero-order chi connectivity index (χ0) is 12.7. The molecule has 0 atom stereocenters. The standard InChI is InChI=1S/C11H18N2O4/c14-9(5-6-10(15)16)12-11(17)13-7-3-1-2-4-8-13/h1-8H2,(H,15,16)(H,12,14,17). The van der Waals surface area contributed by atoms with Gasteiger partial charge in [0.15, 0.2) is 0 Å². The molecule has 0 aromatic rings. The van der Waals surface area contributed by atoms with Crippen molar-refractivity contribution in [3.05, 3.63) is 0 Å². The smallest absolute Gasteiger partial charge is 0.324 e. The van der Waals surface area contributed by atoms with Crippen molar-refractivity contribution < 1.29 is 19.5 Å². The van der Waals surface area contributed by atoms with E-state index in [9.17, 15) is 14.4 Å². The largest absolute Gasteiger partial charge is 0.481 e. The van der Waals surface area contributed by atoms with Gasteiger partial charge < -0.3 is 10.0 Å². The van der Waals surface area contributed by atoms with Crippen molar-refractivity contribution in [1.29, 1.82) is 0 Å². The van der Waals surface area contributed by atoms with Crippen LogP contribution >= 0.6 is 0 Å². The molecule has 0 spiro atoms. The molecule has 0 unspecified atom stereocenters. The lowest BCUT2D eigenvalue weighted by atomic mass is 10.2. The summed E-state index contributed by atoms with van der Waals surface area (Å²) in [5.74, 6) is -1.57. The zero-order valence-electron chi connectivity index (χ0n) is 9.78. The fraction of sp³-hybridized carbons (Fsp3) is 0.727. The Labute approximate surface area is 100.0 Å². The molecular weight excluding hydrogens is 224 g/mol. The molecule has 96 valence electrons. The summed E-state index contributed by atoms with van der Waals surface area (Å²) >= 11 is 0. The number of hydrogen-bond donors (Lipinski definition) is 2. The van der Waals surface area contributed by atoms with Gasteiger partial charge in [-0.15, -0.1) is 0 Å². The van der Waals surface area contributed by atoms with Crippen LogP contribution in [0.1, 0.15) is 38.5 Å². The predicted molar refractivity (Wildman–Crippen MR) is 60.4 cm³/mol. The SMILES string of the molecule is O=C(O)CCC(=O)NC(=O)N1CCCCCC1. The number of urea groups is 1. The third-order valence-corrected chi connectivity index (χ3v) is 2.71. The number of likely N-dealkylation sites (tertiary alicyclic amines) is 1. The van der Waals surface area contributed by atoms with E-state index in [1.807, 2.05) is 0 Å². The maximum absolute atomic E-state index is 11.7. The number of hydrogen-bond acceptors (Lipinski definition) is 3. The average molecular weight is 242 g/mol. The monoisotopic (exact) mass is 242 g/mol. The molecule has 3 amide bonds. The van der Waals surface area contributed by atoms with Crippen LogP contribution in [0.4, 0.5) is 4.79 Å². The lowest BCUT2D eigenvalue weighted by molar-refractivity contribution is -0.138. The number of carbonyl (C=O) groups is 3. The van der Waals surface area contributed by atoms with Crippen LogP contribution in [0.25, 0.3) is 0 Å². The van der Waals surface area contributed by atoms with Gasteiger partial charge in [0, 0.05) is 19.5 Å². The summed E-state index contributed by atoms with van der Waals surface area (Å²) in [5.41, 5.74) is 0. The molecule has 1 saturated heterocycles. The van der Waals surface area contributed by atoms with Gasteiger partial charge >= 0.3 is 12.0 Å². The molecule has 1 aliphatic rings. The Morgan fingerprint density at radius 2 is 1.59 bits per heavy atom. The molecule has 6 nitrogen and oxygen atoms in total. The summed E-state index contributed by atoms with van der Waals surface area (Å²) in [7, 11) is 0. The van der Waals surface area contributed by atoms with Gasteiger partial charge in [0.05, 0.1) is 6.42 Å². The fourth-order valence-electron chi connectivity index (χ4n) is 1.76. The van der Waals surface area contributed by atoms with Crippen LogP contribution < -0.4 is 5.32 Å². The summed E-state index contributed by atoms with van der Waals surface area (Å²) < 4.78 is 0. The van der Waals surface area contributed by atoms with Crippen molar-refractivity contribution in [3.63, 3.8) is 0 Å². The molecule has 1 fully saturated rings. The number of aliphatic carboxylic acids is 1. The summed E-state index contributed by atoms with van der Waals surface area (Å²) in [6.45, 7) is 1.33. The average Bonchev–Trinajstić information content (AvgIpc) is 2.54. The molecule has 0 saturated carbocycles. The number of imide groups is 1. The van der Waals surface area contributed by atoms with Crippen molar-refractivity contribution in [2.45, 2.75) is 38.5 Å². The molecule has 0 aromatic heterocycles. The highest BCUT2D eigenvalue weighted by atomic mass is 16.4. The summed E-state index contributed by atoms with van der Waals surface area (Å²) in [4.78, 5) is 34.8. The van der Waals surface area contributed by atoms with Crippen LogP contribution in [0, 0.1) is 0 Å². The molecular formula is C11H18N2O4. The van der Waals surface area contributed by atoms with Gasteiger partial charge in [-0.3, -0.25) is 14.9 Å². The van der Waals surface area contributed by atoms with E-state index in [-0.39, 0.29) is 12.8 Å². The highest BCUT2D eigenvalue weighted by Crippen LogP contribution is 2.09. The predicted octanol–water partition coefficient (Wildman–Crippen LogP) is 0.963. The summed E-state index contributed by atoms with van der Waals surface area (Å²) in [5, 5.41) is 10.6. The van der Waals surface area contributed by atoms with Gasteiger partial charge in [-0.05, 0) is 12.8 Å². The van der Waals surface area contributed by atoms with Gasteiger partial charge in [-0.1, -0.05) is 12.8 Å². The number of carboxylic acids is 1. The summed E-state index contributed by atoms with van der Waals surface area (Å²) in [6, 6.07) is -0.401. The molecule has 0 bridgehead atoms. The highest BCUT2D eigenvalue weighted by molar-refractivity contribution is 5.95. The quantitative estimate of drug-likeness (QED) is 0.771. The molecule has 1 rings (SSSR count). The fourth-order valence-corrected chi connectivity index (χ4v) is 1.76. The first kappa shape index (κ1) is 13.5. The molecule has 2 N–H and O–H groups in total. The Balaban J connectivity index is 2.31. The first-order chi connectivity index (χ1) is 8.09. The number of rotatable bonds is 3. The van der Waals surface area contributed by atoms with E-state index in [0.29, 0.717) is 13.1 Å². The number of nitrogens with one attached hydrogen (secondary N) is 1. The van der Waals surface area contributed by atoms with E-state index in [0.717, 1.165) is 25.7 Å². The number of carboxylic acid groups (broad SMARTS) is 1. The molecule has 1 heterocycles. The first-order valence-electron chi connectivity index (χ1n) is 5.90. The van der Waals surface area contributed by atoms with Crippen molar-refractivity contribution in [1.82, 2.24) is 10.2 Å². The van der Waals surface area contributed by atoms with E-state index >= 15 is 0 Å². The highest BCUT2D eigenvalue weighted by Gasteiger charge is 2.17. The number of amides is 3. The van der Waals surface area contributed by atoms with Crippen molar-refractivity contribution >= 4 is 17.9 Å². The second kappa shape index (κ2) is 6.88. The first-order valence-corrected chi connectivity index (χ1v) is 5.90. The number of carbonyl (C=O) groups excluding carboxylic acids is 2. The maximum atomic E-state index is 11.7. The van der Waals surface area contributed by atoms with Crippen LogP contribution in [-0.4, -0.2) is 41.0 Å². The Morgan fingerprint density at radius 1 is 1.00 bits per heavy atom. The van der Waals surface area contributed by atoms with Crippen LogP contribution in [0.3, 0.4) is 0 Å². The van der Waals surface area contributed by atoms with Gasteiger partial charge in [-0.25, -0.2) is 4.79 Å². The molecule has 17 heavy (non-hydrogen) atoms. The normalized spacial score (nSPS) is 16.1. The zero-order valence-corrected chi connectivity index (χ0v) is 9.78. The van der Waals surface area contributed by atoms with Crippen LogP contribution in [-0.2, 0) is 9.59 Å². The number of nitrogens with zero attached hydrogens (tertiary/aromatic N) is 1. The van der Waals surface area contributed by atoms with Gasteiger partial charge in [0.1, 0.15) is 0 Å². The summed E-state index contributed by atoms with van der Waals surface area (Å²) in [6.07, 6.45) is 3.72. The lowest BCUT2D eigenvalue weighted by Gasteiger charge is -2.19. The molecule has 0 aromatic carbocycles. The molecule has 1 aliphatic heterocycles. The Morgan fingerprint density at radius 3 is 2.12 bits per heavy atom. The minimum Gasteiger partial charge on any atom is -0.481 e. The van der Waals surface area contributed by atoms with E-state index < -0.39 is 17.9 Å². The Bertz CT molecular complexity index is 296. The van der Waals surface area contributed by atoms with E-state index in [4.69, 9.17) is 5.11 Å². The van der Waals surface area contributed by atoms with Gasteiger partial charge in [-0.2, -0.15) is 0 Å². The van der Waals surface area contributed by atoms with Crippen LogP contribution in [0.2, 0.25) is 0 Å². The van der Waals surface area contributed by atoms with Gasteiger partial charge in [0.25, 0.3) is 0 Å². The van der Waals surface area contributed by atoms with E-state index in [1.54, 1.807) is 4.90 Å². The Hall–Kier alpha value is -1.59. The lowest BCUT2D eigenvalue weighted by Crippen LogP contribution is -2.43. The molecule has 0 radical (unpaired) electrons. The third-order valence-electron chi connectivity index (χ3n) is 2.71. The molecule has 0 aliphatic carbocycles. The van der Waals surface area contributed by atoms with Crippen molar-refractivity contribution in [3.8, 4) is 0 Å². The Kier molecular flexibility index (Phi) is 5.45. The van der Waals surface area contributed by atoms with Crippen LogP contribution in [0.5, 0.6) is 0 Å². The van der Waals surface area contributed by atoms with Gasteiger partial charge in [0.2, 0.25) is 5.91 Å². The second-order valence-corrected chi connectivity index (χ2v) is 4.15. The van der Waals surface area contributed by atoms with Crippen molar-refractivity contribution in [2.75, 3.05) is 13.1 Å². The maximum Gasteiger partial charge on any atom is 0.324 e. The van der Waals surface area contributed by atoms with E-state index in [2.05, 4.69) is 5.32 Å². The van der Waals surface area contributed by atoms with E-state index in [1.165, 1.54) is 0 Å². The minimum atomic E-state index is -1.04. The topological polar surface area (TPSA) is 86.7 Å². The molecule has 6 heteroatoms. The minimum absolute atomic E-state index is 0.158. The van der Waals surface area contributed by atoms with Crippen LogP contribution in [0.15, 0.2) is 0 Å².